The van der Waals surface area contributed by atoms with E-state index < -0.39 is 0 Å². The van der Waals surface area contributed by atoms with Crippen molar-refractivity contribution in [2.45, 2.75) is 58.4 Å². The van der Waals surface area contributed by atoms with Crippen molar-refractivity contribution in [2.75, 3.05) is 24.6 Å². The monoisotopic (exact) mass is 426 g/mol. The molecule has 0 unspecified atom stereocenters. The van der Waals surface area contributed by atoms with Gasteiger partial charge in [-0.15, -0.1) is 0 Å². The van der Waals surface area contributed by atoms with Crippen LogP contribution in [0.5, 0.6) is 5.75 Å². The van der Waals surface area contributed by atoms with Crippen LogP contribution in [0.15, 0.2) is 30.5 Å². The summed E-state index contributed by atoms with van der Waals surface area (Å²) < 4.78 is 19.1. The predicted molar refractivity (Wildman–Crippen MR) is 118 cm³/mol. The van der Waals surface area contributed by atoms with Gasteiger partial charge in [-0.05, 0) is 49.7 Å². The van der Waals surface area contributed by atoms with Crippen molar-refractivity contribution >= 4 is 11.9 Å². The first-order valence-corrected chi connectivity index (χ1v) is 11.2. The van der Waals surface area contributed by atoms with Gasteiger partial charge in [0.25, 0.3) is 0 Å². The number of anilines is 1. The van der Waals surface area contributed by atoms with Crippen molar-refractivity contribution in [1.29, 1.82) is 0 Å². The number of amides is 1. The summed E-state index contributed by atoms with van der Waals surface area (Å²) in [6, 6.07) is 6.21. The second-order valence-electron chi connectivity index (χ2n) is 9.31. The molecule has 1 saturated heterocycles. The molecule has 2 aromatic rings. The highest BCUT2D eigenvalue weighted by Gasteiger charge is 2.35. The molecule has 1 atom stereocenters. The van der Waals surface area contributed by atoms with E-state index in [0.717, 1.165) is 43.1 Å². The van der Waals surface area contributed by atoms with Crippen LogP contribution in [0.25, 0.3) is 0 Å². The number of nitrogens with zero attached hydrogens (tertiary/aromatic N) is 3. The summed E-state index contributed by atoms with van der Waals surface area (Å²) in [4.78, 5) is 24.3. The van der Waals surface area contributed by atoms with Gasteiger partial charge in [0, 0.05) is 31.3 Å². The molecule has 1 amide bonds. The Labute approximate surface area is 183 Å². The molecule has 7 heteroatoms. The summed E-state index contributed by atoms with van der Waals surface area (Å²) in [5.41, 5.74) is 2.12. The number of halogens is 1. The first kappa shape index (κ1) is 21.5. The number of fused-ring (bicyclic) bond motifs is 1. The van der Waals surface area contributed by atoms with Gasteiger partial charge in [-0.2, -0.15) is 0 Å². The van der Waals surface area contributed by atoms with E-state index in [-0.39, 0.29) is 28.9 Å². The van der Waals surface area contributed by atoms with Gasteiger partial charge in [-0.1, -0.05) is 26.0 Å². The van der Waals surface area contributed by atoms with Crippen molar-refractivity contribution in [2.24, 2.45) is 5.41 Å². The molecule has 1 aromatic heterocycles. The molecule has 0 spiro atoms. The van der Waals surface area contributed by atoms with Crippen molar-refractivity contribution < 1.29 is 13.9 Å². The molecule has 4 rings (SSSR count). The molecule has 0 bridgehead atoms. The molecule has 6 nitrogen and oxygen atoms in total. The van der Waals surface area contributed by atoms with E-state index in [1.807, 2.05) is 6.20 Å². The lowest BCUT2D eigenvalue weighted by atomic mass is 9.74. The number of hydrogen-bond donors (Lipinski definition) is 1. The van der Waals surface area contributed by atoms with Crippen molar-refractivity contribution in [3.05, 3.63) is 47.5 Å². The molecule has 0 saturated carbocycles. The molecule has 2 heterocycles. The zero-order chi connectivity index (χ0) is 21.8. The maximum atomic E-state index is 13.6. The zero-order valence-electron chi connectivity index (χ0n) is 18.4. The highest BCUT2D eigenvalue weighted by Crippen LogP contribution is 2.40. The number of aromatic nitrogens is 2. The summed E-state index contributed by atoms with van der Waals surface area (Å²) in [6.45, 7) is 6.75. The van der Waals surface area contributed by atoms with Crippen molar-refractivity contribution in [1.82, 2.24) is 15.3 Å². The molecule has 2 aliphatic rings. The van der Waals surface area contributed by atoms with Gasteiger partial charge < -0.3 is 15.0 Å². The number of benzene rings is 1. The van der Waals surface area contributed by atoms with Crippen LogP contribution < -0.4 is 15.0 Å². The third-order valence-electron chi connectivity index (χ3n) is 6.03. The van der Waals surface area contributed by atoms with Gasteiger partial charge >= 0.3 is 0 Å². The minimum Gasteiger partial charge on any atom is -0.491 e. The topological polar surface area (TPSA) is 67.4 Å². The second kappa shape index (κ2) is 9.20. The number of ether oxygens (including phenoxy) is 1. The Morgan fingerprint density at radius 1 is 1.29 bits per heavy atom. The Bertz CT molecular complexity index is 928. The smallest absolute Gasteiger partial charge is 0.225 e. The number of carbonyl (C=O) groups is 1. The van der Waals surface area contributed by atoms with Crippen molar-refractivity contribution in [3.63, 3.8) is 0 Å². The van der Waals surface area contributed by atoms with Crippen LogP contribution in [0.3, 0.4) is 0 Å². The molecule has 1 aliphatic carbocycles. The van der Waals surface area contributed by atoms with E-state index in [0.29, 0.717) is 19.4 Å². The van der Waals surface area contributed by atoms with Crippen LogP contribution in [0.1, 0.15) is 63.3 Å². The maximum absolute atomic E-state index is 13.6. The Morgan fingerprint density at radius 3 is 2.84 bits per heavy atom. The van der Waals surface area contributed by atoms with Gasteiger partial charge in [0.05, 0.1) is 18.3 Å². The van der Waals surface area contributed by atoms with Gasteiger partial charge in [-0.3, -0.25) is 4.79 Å². The molecule has 166 valence electrons. The molecular formula is C24H31FN4O2. The standard InChI is InChI=1S/C24H31FN4O2/c1-24(2)14-19(17-16-26-23(28-20(17)15-24)29-11-5-6-12-29)27-22(30)10-7-13-31-21-9-4-3-8-18(21)25/h3-4,8-9,16,19H,5-7,10-15H2,1-2H3,(H,27,30)/t19-/m1/s1. The lowest BCUT2D eigenvalue weighted by molar-refractivity contribution is -0.122. The number of hydrogen-bond acceptors (Lipinski definition) is 5. The first-order valence-electron chi connectivity index (χ1n) is 11.2. The average Bonchev–Trinajstić information content (AvgIpc) is 3.26. The first-order chi connectivity index (χ1) is 14.9. The molecule has 1 fully saturated rings. The van der Waals surface area contributed by atoms with Crippen LogP contribution in [0.2, 0.25) is 0 Å². The average molecular weight is 427 g/mol. The normalized spacial score (nSPS) is 19.7. The predicted octanol–water partition coefficient (Wildman–Crippen LogP) is 4.20. The lowest BCUT2D eigenvalue weighted by Gasteiger charge is -2.36. The van der Waals surface area contributed by atoms with Crippen LogP contribution in [0, 0.1) is 11.2 Å². The summed E-state index contributed by atoms with van der Waals surface area (Å²) in [5, 5.41) is 3.17. The SMILES string of the molecule is CC1(C)Cc2nc(N3CCCC3)ncc2[C@H](NC(=O)CCCOc2ccccc2F)C1. The third kappa shape index (κ3) is 5.32. The lowest BCUT2D eigenvalue weighted by Crippen LogP contribution is -2.37. The van der Waals surface area contributed by atoms with Crippen LogP contribution >= 0.6 is 0 Å². The minimum absolute atomic E-state index is 0.0330. The molecular weight excluding hydrogens is 395 g/mol. The fraction of sp³-hybridized carbons (Fsp3) is 0.542. The molecule has 31 heavy (non-hydrogen) atoms. The highest BCUT2D eigenvalue weighted by molar-refractivity contribution is 5.76. The van der Waals surface area contributed by atoms with E-state index in [4.69, 9.17) is 9.72 Å². The van der Waals surface area contributed by atoms with Crippen LogP contribution in [0.4, 0.5) is 10.3 Å². The Balaban J connectivity index is 1.35. The summed E-state index contributed by atoms with van der Waals surface area (Å²) in [7, 11) is 0. The van der Waals surface area contributed by atoms with E-state index >= 15 is 0 Å². The highest BCUT2D eigenvalue weighted by atomic mass is 19.1. The maximum Gasteiger partial charge on any atom is 0.225 e. The quantitative estimate of drug-likeness (QED) is 0.672. The Morgan fingerprint density at radius 2 is 2.06 bits per heavy atom. The molecule has 1 N–H and O–H groups in total. The molecule has 1 aliphatic heterocycles. The summed E-state index contributed by atoms with van der Waals surface area (Å²) >= 11 is 0. The second-order valence-corrected chi connectivity index (χ2v) is 9.31. The minimum atomic E-state index is -0.388. The van der Waals surface area contributed by atoms with Gasteiger partial charge in [0.1, 0.15) is 0 Å². The fourth-order valence-corrected chi connectivity index (χ4v) is 4.48. The Kier molecular flexibility index (Phi) is 6.39. The van der Waals surface area contributed by atoms with E-state index in [2.05, 4.69) is 29.0 Å². The van der Waals surface area contributed by atoms with E-state index in [1.54, 1.807) is 18.2 Å². The summed E-state index contributed by atoms with van der Waals surface area (Å²) in [6.07, 6.45) is 6.85. The number of carbonyl (C=O) groups excluding carboxylic acids is 1. The third-order valence-corrected chi connectivity index (χ3v) is 6.03. The van der Waals surface area contributed by atoms with E-state index in [9.17, 15) is 9.18 Å². The number of para-hydroxylation sites is 1. The van der Waals surface area contributed by atoms with Crippen LogP contribution in [-0.4, -0.2) is 35.6 Å². The number of nitrogens with one attached hydrogen (secondary N) is 1. The largest absolute Gasteiger partial charge is 0.491 e. The van der Waals surface area contributed by atoms with E-state index in [1.165, 1.54) is 18.9 Å². The molecule has 1 aromatic carbocycles. The Hall–Kier alpha value is -2.70. The fourth-order valence-electron chi connectivity index (χ4n) is 4.48. The van der Waals surface area contributed by atoms with Gasteiger partial charge in [-0.25, -0.2) is 14.4 Å². The van der Waals surface area contributed by atoms with Crippen LogP contribution in [-0.2, 0) is 11.2 Å². The number of rotatable bonds is 7. The zero-order valence-corrected chi connectivity index (χ0v) is 18.4. The molecule has 0 radical (unpaired) electrons. The van der Waals surface area contributed by atoms with Crippen molar-refractivity contribution in [3.8, 4) is 5.75 Å². The van der Waals surface area contributed by atoms with Gasteiger partial charge in [0.2, 0.25) is 11.9 Å². The summed E-state index contributed by atoms with van der Waals surface area (Å²) in [5.74, 6) is 0.608. The van der Waals surface area contributed by atoms with Gasteiger partial charge in [0.15, 0.2) is 11.6 Å².